The van der Waals surface area contributed by atoms with E-state index < -0.39 is 47.3 Å². The molecule has 9 nitrogen and oxygen atoms in total. The molecule has 186 valence electrons. The van der Waals surface area contributed by atoms with Crippen molar-refractivity contribution in [3.8, 4) is 17.0 Å². The number of hydrogen-bond donors (Lipinski definition) is 0. The monoisotopic (exact) mass is 538 g/mol. The Bertz CT molecular complexity index is 1440. The molecule has 14 heteroatoms. The molecular weight excluding hydrogens is 525 g/mol. The molecule has 1 atom stereocenters. The number of rotatable bonds is 6. The van der Waals surface area contributed by atoms with Crippen LogP contribution in [0.3, 0.4) is 0 Å². The van der Waals surface area contributed by atoms with Crippen molar-refractivity contribution in [1.29, 1.82) is 0 Å². The minimum absolute atomic E-state index is 0.0272. The smallest absolute Gasteiger partial charge is 0.406 e. The molecule has 2 heterocycles. The molecule has 1 saturated heterocycles. The summed E-state index contributed by atoms with van der Waals surface area (Å²) in [5, 5.41) is 0.504. The maximum absolute atomic E-state index is 13.1. The quantitative estimate of drug-likeness (QED) is 0.416. The summed E-state index contributed by atoms with van der Waals surface area (Å²) in [5.74, 6) is -1.27. The summed E-state index contributed by atoms with van der Waals surface area (Å²) in [5.41, 5.74) is 1.34. The summed E-state index contributed by atoms with van der Waals surface area (Å²) in [7, 11) is -2.95. The molecule has 3 amide bonds. The van der Waals surface area contributed by atoms with Crippen LogP contribution in [0.15, 0.2) is 71.2 Å². The van der Waals surface area contributed by atoms with Crippen molar-refractivity contribution in [2.45, 2.75) is 12.5 Å². The van der Waals surface area contributed by atoms with E-state index in [1.54, 1.807) is 24.3 Å². The molecule has 1 aliphatic rings. The average Bonchev–Trinajstić information content (AvgIpc) is 3.11. The second kappa shape index (κ2) is 9.95. The summed E-state index contributed by atoms with van der Waals surface area (Å²) < 4.78 is 67.6. The van der Waals surface area contributed by atoms with Crippen LogP contribution in [0.25, 0.3) is 11.3 Å². The summed E-state index contributed by atoms with van der Waals surface area (Å²) in [6.07, 6.45) is -4.91. The van der Waals surface area contributed by atoms with Crippen LogP contribution in [0, 0.1) is 0 Å². The van der Waals surface area contributed by atoms with Gasteiger partial charge in [-0.1, -0.05) is 23.7 Å². The molecule has 1 fully saturated rings. The van der Waals surface area contributed by atoms with E-state index in [-0.39, 0.29) is 11.3 Å². The van der Waals surface area contributed by atoms with E-state index in [4.69, 9.17) is 11.6 Å². The molecule has 0 bridgehead atoms. The van der Waals surface area contributed by atoms with E-state index in [1.165, 1.54) is 18.3 Å². The van der Waals surface area contributed by atoms with Gasteiger partial charge in [0.1, 0.15) is 12.3 Å². The molecule has 0 spiro atoms. The molecule has 36 heavy (non-hydrogen) atoms. The number of carbonyl (C=O) groups excluding carboxylic acids is 2. The highest BCUT2D eigenvalue weighted by molar-refractivity contribution is 7.61. The third-order valence-electron chi connectivity index (χ3n) is 5.02. The molecule has 1 aromatic heterocycles. The Labute approximate surface area is 208 Å². The number of pyridine rings is 1. The standard InChI is InChI=1S/C22H14ClF3N4O5S/c23-15-3-1-13(2-4-15)18-11-14(9-10-27-18)20(28-36(33)34)29-12-19(31)30(21(29)32)16-5-7-17(8-6-16)35-22(24,25)26/h1-11,20H,12H2. The summed E-state index contributed by atoms with van der Waals surface area (Å²) >= 11 is 5.91. The molecule has 0 aliphatic carbocycles. The Hall–Kier alpha value is -3.97. The number of urea groups is 1. The Balaban J connectivity index is 1.65. The highest BCUT2D eigenvalue weighted by Crippen LogP contribution is 2.33. The first-order chi connectivity index (χ1) is 17.0. The van der Waals surface area contributed by atoms with E-state index in [0.717, 1.165) is 34.1 Å². The zero-order valence-corrected chi connectivity index (χ0v) is 19.5. The first kappa shape index (κ1) is 25.1. The number of amides is 3. The molecular formula is C22H14ClF3N4O5S. The molecule has 0 saturated carbocycles. The van der Waals surface area contributed by atoms with E-state index in [2.05, 4.69) is 14.1 Å². The normalized spacial score (nSPS) is 14.7. The third-order valence-corrected chi connectivity index (χ3v) is 5.65. The second-order valence-electron chi connectivity index (χ2n) is 7.36. The Morgan fingerprint density at radius 3 is 2.31 bits per heavy atom. The van der Waals surface area contributed by atoms with Crippen LogP contribution < -0.4 is 9.64 Å². The average molecular weight is 539 g/mol. The Morgan fingerprint density at radius 1 is 1.03 bits per heavy atom. The lowest BCUT2D eigenvalue weighted by Gasteiger charge is -2.23. The third kappa shape index (κ3) is 5.63. The van der Waals surface area contributed by atoms with Crippen molar-refractivity contribution >= 4 is 39.7 Å². The van der Waals surface area contributed by atoms with E-state index >= 15 is 0 Å². The molecule has 2 aromatic carbocycles. The predicted octanol–water partition coefficient (Wildman–Crippen LogP) is 4.83. The van der Waals surface area contributed by atoms with Gasteiger partial charge >= 0.3 is 22.9 Å². The maximum atomic E-state index is 13.1. The Kier molecular flexibility index (Phi) is 6.95. The first-order valence-electron chi connectivity index (χ1n) is 10.0. The van der Waals surface area contributed by atoms with E-state index in [9.17, 15) is 31.2 Å². The van der Waals surface area contributed by atoms with Gasteiger partial charge in [-0.15, -0.1) is 17.5 Å². The van der Waals surface area contributed by atoms with Crippen molar-refractivity contribution in [3.63, 3.8) is 0 Å². The van der Waals surface area contributed by atoms with Crippen molar-refractivity contribution in [1.82, 2.24) is 9.88 Å². The van der Waals surface area contributed by atoms with Gasteiger partial charge in [-0.3, -0.25) is 14.7 Å². The first-order valence-corrected chi connectivity index (χ1v) is 11.4. The van der Waals surface area contributed by atoms with Gasteiger partial charge in [0.25, 0.3) is 5.91 Å². The van der Waals surface area contributed by atoms with Gasteiger partial charge in [0, 0.05) is 22.3 Å². The fourth-order valence-electron chi connectivity index (χ4n) is 3.53. The number of anilines is 1. The highest BCUT2D eigenvalue weighted by Gasteiger charge is 2.42. The lowest BCUT2D eigenvalue weighted by Crippen LogP contribution is -2.34. The predicted molar refractivity (Wildman–Crippen MR) is 121 cm³/mol. The number of hydrogen-bond acceptors (Lipinski definition) is 7. The van der Waals surface area contributed by atoms with Crippen molar-refractivity contribution in [3.05, 3.63) is 77.4 Å². The molecule has 4 rings (SSSR count). The molecule has 0 N–H and O–H groups in total. The van der Waals surface area contributed by atoms with Gasteiger partial charge in [-0.05, 0) is 48.5 Å². The lowest BCUT2D eigenvalue weighted by molar-refractivity contribution is -0.274. The van der Waals surface area contributed by atoms with E-state index in [1.807, 2.05) is 0 Å². The summed E-state index contributed by atoms with van der Waals surface area (Å²) in [6, 6.07) is 12.8. The minimum Gasteiger partial charge on any atom is -0.406 e. The van der Waals surface area contributed by atoms with Gasteiger partial charge in [0.05, 0.1) is 11.4 Å². The summed E-state index contributed by atoms with van der Waals surface area (Å²) in [6.45, 7) is -0.524. The molecule has 1 unspecified atom stereocenters. The fourth-order valence-corrected chi connectivity index (χ4v) is 4.05. The van der Waals surface area contributed by atoms with Crippen molar-refractivity contribution in [2.24, 2.45) is 4.36 Å². The molecule has 1 aliphatic heterocycles. The number of alkyl halides is 3. The van der Waals surface area contributed by atoms with Crippen LogP contribution in [0.1, 0.15) is 11.7 Å². The highest BCUT2D eigenvalue weighted by atomic mass is 35.5. The zero-order valence-electron chi connectivity index (χ0n) is 17.9. The maximum Gasteiger partial charge on any atom is 0.573 e. The van der Waals surface area contributed by atoms with Crippen LogP contribution in [0.2, 0.25) is 5.02 Å². The van der Waals surface area contributed by atoms with Crippen LogP contribution in [-0.2, 0) is 15.3 Å². The van der Waals surface area contributed by atoms with Gasteiger partial charge in [0.2, 0.25) is 0 Å². The van der Waals surface area contributed by atoms with Crippen LogP contribution in [-0.4, -0.2) is 43.1 Å². The number of carbonyl (C=O) groups is 2. The number of benzene rings is 2. The summed E-state index contributed by atoms with van der Waals surface area (Å²) in [4.78, 5) is 31.7. The van der Waals surface area contributed by atoms with E-state index in [0.29, 0.717) is 16.3 Å². The van der Waals surface area contributed by atoms with Crippen molar-refractivity contribution < 1.29 is 35.9 Å². The van der Waals surface area contributed by atoms with Crippen LogP contribution >= 0.6 is 11.6 Å². The van der Waals surface area contributed by atoms with Crippen LogP contribution in [0.5, 0.6) is 5.75 Å². The zero-order chi connectivity index (χ0) is 26.0. The van der Waals surface area contributed by atoms with Crippen molar-refractivity contribution in [2.75, 3.05) is 11.4 Å². The lowest BCUT2D eigenvalue weighted by atomic mass is 10.1. The number of imide groups is 1. The second-order valence-corrected chi connectivity index (χ2v) is 8.44. The molecule has 3 aromatic rings. The Morgan fingerprint density at radius 2 is 1.69 bits per heavy atom. The van der Waals surface area contributed by atoms with Crippen LogP contribution in [0.4, 0.5) is 23.7 Å². The van der Waals surface area contributed by atoms with Gasteiger partial charge in [-0.25, -0.2) is 9.69 Å². The van der Waals surface area contributed by atoms with Gasteiger partial charge in [-0.2, -0.15) is 8.42 Å². The topological polar surface area (TPSA) is 109 Å². The molecule has 0 radical (unpaired) electrons. The SMILES string of the molecule is O=C1CN(C(N=S(=O)=O)c2ccnc(-c3ccc(Cl)cc3)c2)C(=O)N1c1ccc(OC(F)(F)F)cc1. The number of nitrogens with zero attached hydrogens (tertiary/aromatic N) is 4. The van der Waals surface area contributed by atoms with Gasteiger partial charge in [0.15, 0.2) is 6.17 Å². The largest absolute Gasteiger partial charge is 0.573 e. The fraction of sp³-hybridized carbons (Fsp3) is 0.136. The number of aromatic nitrogens is 1. The number of ether oxygens (including phenoxy) is 1. The van der Waals surface area contributed by atoms with Gasteiger partial charge < -0.3 is 4.74 Å². The number of halogens is 4. The minimum atomic E-state index is -4.91.